The molecule has 0 heterocycles. The van der Waals surface area contributed by atoms with Gasteiger partial charge in [-0.3, -0.25) is 0 Å². The summed E-state index contributed by atoms with van der Waals surface area (Å²) in [5.41, 5.74) is 2.36. The minimum Gasteiger partial charge on any atom is -0.493 e. The molecule has 1 N–H and O–H groups in total. The quantitative estimate of drug-likeness (QED) is 0.725. The van der Waals surface area contributed by atoms with E-state index in [0.717, 1.165) is 36.4 Å². The third-order valence-corrected chi connectivity index (χ3v) is 3.25. The first-order valence-electron chi connectivity index (χ1n) is 6.78. The topological polar surface area (TPSA) is 30.5 Å². The maximum atomic E-state index is 5.52. The van der Waals surface area contributed by atoms with Gasteiger partial charge in [-0.15, -0.1) is 0 Å². The van der Waals surface area contributed by atoms with Crippen molar-refractivity contribution in [1.82, 2.24) is 5.32 Å². The smallest absolute Gasteiger partial charge is 0.165 e. The highest BCUT2D eigenvalue weighted by Crippen LogP contribution is 2.36. The molecule has 0 bridgehead atoms. The van der Waals surface area contributed by atoms with Crippen LogP contribution in [-0.2, 0) is 0 Å². The fourth-order valence-electron chi connectivity index (χ4n) is 2.16. The average molecular weight is 263 g/mol. The second-order valence-electron chi connectivity index (χ2n) is 4.50. The Balaban J connectivity index is 3.10. The van der Waals surface area contributed by atoms with Gasteiger partial charge in [0.2, 0.25) is 0 Å². The van der Waals surface area contributed by atoms with Gasteiger partial charge < -0.3 is 14.8 Å². The van der Waals surface area contributed by atoms with Crippen LogP contribution in [0.15, 0.2) is 30.4 Å². The van der Waals surface area contributed by atoms with Crippen molar-refractivity contribution in [1.29, 1.82) is 0 Å². The first-order valence-corrected chi connectivity index (χ1v) is 6.78. The minimum absolute atomic E-state index is 0.211. The Hall–Kier alpha value is -1.48. The molecule has 0 spiro atoms. The molecule has 0 amide bonds. The Morgan fingerprint density at radius 3 is 2.53 bits per heavy atom. The number of benzene rings is 1. The molecular weight excluding hydrogens is 238 g/mol. The number of ether oxygens (including phenoxy) is 2. The van der Waals surface area contributed by atoms with Crippen LogP contribution in [0.25, 0.3) is 0 Å². The summed E-state index contributed by atoms with van der Waals surface area (Å²) in [7, 11) is 3.34. The maximum absolute atomic E-state index is 5.52. The van der Waals surface area contributed by atoms with Crippen molar-refractivity contribution in [2.24, 2.45) is 0 Å². The van der Waals surface area contributed by atoms with Crippen LogP contribution >= 0.6 is 0 Å². The van der Waals surface area contributed by atoms with Gasteiger partial charge in [-0.05, 0) is 25.5 Å². The maximum Gasteiger partial charge on any atom is 0.165 e. The Labute approximate surface area is 116 Å². The van der Waals surface area contributed by atoms with Crippen molar-refractivity contribution < 1.29 is 9.47 Å². The predicted octanol–water partition coefficient (Wildman–Crippen LogP) is 3.71. The summed E-state index contributed by atoms with van der Waals surface area (Å²) in [6.07, 6.45) is 1.90. The number of nitrogens with one attached hydrogen (secondary N) is 1. The van der Waals surface area contributed by atoms with E-state index in [-0.39, 0.29) is 6.04 Å². The zero-order valence-corrected chi connectivity index (χ0v) is 12.5. The monoisotopic (exact) mass is 263 g/mol. The van der Waals surface area contributed by atoms with Gasteiger partial charge in [-0.1, -0.05) is 38.1 Å². The lowest BCUT2D eigenvalue weighted by Gasteiger charge is -2.22. The summed E-state index contributed by atoms with van der Waals surface area (Å²) in [5.74, 6) is 1.57. The van der Waals surface area contributed by atoms with Crippen molar-refractivity contribution in [2.45, 2.75) is 32.7 Å². The van der Waals surface area contributed by atoms with E-state index in [1.54, 1.807) is 14.2 Å². The van der Waals surface area contributed by atoms with Crippen LogP contribution in [0.1, 0.15) is 38.3 Å². The van der Waals surface area contributed by atoms with Gasteiger partial charge in [0, 0.05) is 11.6 Å². The molecule has 19 heavy (non-hydrogen) atoms. The Bertz CT molecular complexity index is 415. The van der Waals surface area contributed by atoms with Crippen molar-refractivity contribution in [3.05, 3.63) is 35.9 Å². The van der Waals surface area contributed by atoms with Crippen molar-refractivity contribution in [3.63, 3.8) is 0 Å². The standard InChI is InChI=1S/C16H25NO2/c1-6-12(3)11-14(17-7-2)13-9-8-10-15(18-4)16(13)19-5/h8-10,14,17H,3,6-7,11H2,1-2,4-5H3. The number of hydrogen-bond acceptors (Lipinski definition) is 3. The summed E-state index contributed by atoms with van der Waals surface area (Å²) in [4.78, 5) is 0. The lowest BCUT2D eigenvalue weighted by Crippen LogP contribution is -2.22. The predicted molar refractivity (Wildman–Crippen MR) is 80.0 cm³/mol. The van der Waals surface area contributed by atoms with Crippen LogP contribution in [0.4, 0.5) is 0 Å². The molecule has 1 aromatic rings. The van der Waals surface area contributed by atoms with E-state index < -0.39 is 0 Å². The molecule has 0 fully saturated rings. The normalized spacial score (nSPS) is 12.0. The van der Waals surface area contributed by atoms with Crippen molar-refractivity contribution in [2.75, 3.05) is 20.8 Å². The zero-order chi connectivity index (χ0) is 14.3. The highest BCUT2D eigenvalue weighted by molar-refractivity contribution is 5.48. The molecule has 106 valence electrons. The van der Waals surface area contributed by atoms with Gasteiger partial charge in [0.25, 0.3) is 0 Å². The molecule has 0 aliphatic rings. The SMILES string of the molecule is C=C(CC)CC(NCC)c1cccc(OC)c1OC. The molecule has 1 rings (SSSR count). The van der Waals surface area contributed by atoms with Gasteiger partial charge in [-0.25, -0.2) is 0 Å². The first kappa shape index (κ1) is 15.6. The van der Waals surface area contributed by atoms with Gasteiger partial charge in [0.05, 0.1) is 14.2 Å². The van der Waals surface area contributed by atoms with E-state index in [4.69, 9.17) is 9.47 Å². The zero-order valence-electron chi connectivity index (χ0n) is 12.5. The van der Waals surface area contributed by atoms with Crippen molar-refractivity contribution in [3.8, 4) is 11.5 Å². The van der Waals surface area contributed by atoms with Crippen LogP contribution in [-0.4, -0.2) is 20.8 Å². The second-order valence-corrected chi connectivity index (χ2v) is 4.50. The Morgan fingerprint density at radius 1 is 1.26 bits per heavy atom. The summed E-state index contributed by atoms with van der Waals surface area (Å²) in [5, 5.41) is 3.49. The second kappa shape index (κ2) is 7.85. The number of hydrogen-bond donors (Lipinski definition) is 1. The van der Waals surface area contributed by atoms with Gasteiger partial charge in [0.1, 0.15) is 0 Å². The number of methoxy groups -OCH3 is 2. The third kappa shape index (κ3) is 4.00. The van der Waals surface area contributed by atoms with E-state index in [0.29, 0.717) is 0 Å². The molecular formula is C16H25NO2. The van der Waals surface area contributed by atoms with Crippen LogP contribution in [0, 0.1) is 0 Å². The lowest BCUT2D eigenvalue weighted by atomic mass is 9.97. The van der Waals surface area contributed by atoms with E-state index in [9.17, 15) is 0 Å². The fourth-order valence-corrected chi connectivity index (χ4v) is 2.16. The third-order valence-electron chi connectivity index (χ3n) is 3.25. The molecule has 1 unspecified atom stereocenters. The van der Waals surface area contributed by atoms with E-state index in [1.165, 1.54) is 5.57 Å². The molecule has 0 aliphatic carbocycles. The molecule has 0 saturated heterocycles. The van der Waals surface area contributed by atoms with Crippen LogP contribution < -0.4 is 14.8 Å². The first-order chi connectivity index (χ1) is 9.17. The van der Waals surface area contributed by atoms with Gasteiger partial charge >= 0.3 is 0 Å². The highest BCUT2D eigenvalue weighted by atomic mass is 16.5. The van der Waals surface area contributed by atoms with Crippen LogP contribution in [0.5, 0.6) is 11.5 Å². The molecule has 3 heteroatoms. The minimum atomic E-state index is 0.211. The van der Waals surface area contributed by atoms with E-state index in [2.05, 4.69) is 31.8 Å². The molecule has 0 aliphatic heterocycles. The average Bonchev–Trinajstić information content (AvgIpc) is 2.45. The summed E-state index contributed by atoms with van der Waals surface area (Å²) in [6.45, 7) is 9.25. The fraction of sp³-hybridized carbons (Fsp3) is 0.500. The lowest BCUT2D eigenvalue weighted by molar-refractivity contribution is 0.346. The van der Waals surface area contributed by atoms with Crippen LogP contribution in [0.3, 0.4) is 0 Å². The van der Waals surface area contributed by atoms with Gasteiger partial charge in [-0.2, -0.15) is 0 Å². The molecule has 0 aromatic heterocycles. The molecule has 0 saturated carbocycles. The number of rotatable bonds is 8. The number of para-hydroxylation sites is 1. The van der Waals surface area contributed by atoms with E-state index >= 15 is 0 Å². The molecule has 1 aromatic carbocycles. The molecule has 1 atom stereocenters. The van der Waals surface area contributed by atoms with Crippen molar-refractivity contribution >= 4 is 0 Å². The largest absolute Gasteiger partial charge is 0.493 e. The Morgan fingerprint density at radius 2 is 2.00 bits per heavy atom. The molecule has 3 nitrogen and oxygen atoms in total. The van der Waals surface area contributed by atoms with E-state index in [1.807, 2.05) is 12.1 Å². The van der Waals surface area contributed by atoms with Crippen LogP contribution in [0.2, 0.25) is 0 Å². The molecule has 0 radical (unpaired) electrons. The summed E-state index contributed by atoms with van der Waals surface area (Å²) in [6, 6.07) is 6.20. The van der Waals surface area contributed by atoms with Gasteiger partial charge in [0.15, 0.2) is 11.5 Å². The Kier molecular flexibility index (Phi) is 6.43. The summed E-state index contributed by atoms with van der Waals surface area (Å²) < 4.78 is 10.9. The summed E-state index contributed by atoms with van der Waals surface area (Å²) >= 11 is 0. The highest BCUT2D eigenvalue weighted by Gasteiger charge is 2.18.